The summed E-state index contributed by atoms with van der Waals surface area (Å²) < 4.78 is 0. The van der Waals surface area contributed by atoms with Gasteiger partial charge < -0.3 is 5.32 Å². The third-order valence-corrected chi connectivity index (χ3v) is 4.26. The Hall–Kier alpha value is -2.09. The number of rotatable bonds is 4. The highest BCUT2D eigenvalue weighted by atomic mass is 16.1. The molecule has 0 aliphatic heterocycles. The van der Waals surface area contributed by atoms with E-state index in [1.165, 1.54) is 5.56 Å². The van der Waals surface area contributed by atoms with Crippen molar-refractivity contribution in [1.29, 1.82) is 0 Å². The van der Waals surface area contributed by atoms with Crippen LogP contribution >= 0.6 is 0 Å². The van der Waals surface area contributed by atoms with Crippen molar-refractivity contribution in [2.24, 2.45) is 5.92 Å². The summed E-state index contributed by atoms with van der Waals surface area (Å²) in [6.07, 6.45) is 3.90. The van der Waals surface area contributed by atoms with Crippen molar-refractivity contribution in [1.82, 2.24) is 0 Å². The van der Waals surface area contributed by atoms with Crippen LogP contribution in [0.3, 0.4) is 0 Å². The molecular formula is C19H21NO. The van der Waals surface area contributed by atoms with Crippen LogP contribution in [0.2, 0.25) is 0 Å². The van der Waals surface area contributed by atoms with Gasteiger partial charge in [-0.05, 0) is 30.5 Å². The van der Waals surface area contributed by atoms with E-state index in [2.05, 4.69) is 29.6 Å². The average molecular weight is 279 g/mol. The molecule has 2 atom stereocenters. The van der Waals surface area contributed by atoms with Crippen LogP contribution in [0, 0.1) is 5.92 Å². The lowest BCUT2D eigenvalue weighted by Crippen LogP contribution is -2.30. The molecule has 1 aliphatic rings. The van der Waals surface area contributed by atoms with Gasteiger partial charge in [-0.15, -0.1) is 0 Å². The molecule has 2 aromatic carbocycles. The molecule has 2 heteroatoms. The second kappa shape index (κ2) is 6.57. The van der Waals surface area contributed by atoms with E-state index in [4.69, 9.17) is 0 Å². The highest BCUT2D eigenvalue weighted by molar-refractivity contribution is 5.83. The van der Waals surface area contributed by atoms with Gasteiger partial charge in [0.1, 0.15) is 5.78 Å². The van der Waals surface area contributed by atoms with E-state index in [0.29, 0.717) is 5.78 Å². The molecule has 1 fully saturated rings. The van der Waals surface area contributed by atoms with Gasteiger partial charge in [-0.25, -0.2) is 0 Å². The van der Waals surface area contributed by atoms with Gasteiger partial charge in [-0.2, -0.15) is 0 Å². The van der Waals surface area contributed by atoms with Crippen LogP contribution < -0.4 is 5.32 Å². The molecule has 0 aromatic heterocycles. The zero-order chi connectivity index (χ0) is 14.5. The Labute approximate surface area is 126 Å². The maximum Gasteiger partial charge on any atom is 0.138 e. The zero-order valence-corrected chi connectivity index (χ0v) is 12.2. The van der Waals surface area contributed by atoms with E-state index < -0.39 is 0 Å². The van der Waals surface area contributed by atoms with Crippen molar-refractivity contribution in [2.45, 2.75) is 31.7 Å². The third kappa shape index (κ3) is 3.33. The minimum absolute atomic E-state index is 0.0707. The molecule has 21 heavy (non-hydrogen) atoms. The lowest BCUT2D eigenvalue weighted by atomic mass is 9.80. The molecule has 0 saturated heterocycles. The van der Waals surface area contributed by atoms with Gasteiger partial charge in [0.15, 0.2) is 0 Å². The normalized spacial score (nSPS) is 20.0. The fraction of sp³-hybridized carbons (Fsp3) is 0.316. The smallest absolute Gasteiger partial charge is 0.138 e. The van der Waals surface area contributed by atoms with Crippen molar-refractivity contribution in [3.8, 4) is 0 Å². The Morgan fingerprint density at radius 3 is 2.24 bits per heavy atom. The van der Waals surface area contributed by atoms with Gasteiger partial charge in [0.05, 0.1) is 6.04 Å². The van der Waals surface area contributed by atoms with E-state index >= 15 is 0 Å². The van der Waals surface area contributed by atoms with Gasteiger partial charge in [0.25, 0.3) is 0 Å². The Balaban J connectivity index is 1.89. The van der Waals surface area contributed by atoms with Gasteiger partial charge in [-0.1, -0.05) is 55.0 Å². The van der Waals surface area contributed by atoms with E-state index in [1.54, 1.807) is 0 Å². The number of hydrogen-bond acceptors (Lipinski definition) is 2. The van der Waals surface area contributed by atoms with Gasteiger partial charge in [0.2, 0.25) is 0 Å². The molecule has 0 heterocycles. The molecule has 1 aliphatic carbocycles. The van der Waals surface area contributed by atoms with Crippen molar-refractivity contribution in [3.05, 3.63) is 66.2 Å². The second-order valence-electron chi connectivity index (χ2n) is 5.72. The first kappa shape index (κ1) is 13.9. The lowest BCUT2D eigenvalue weighted by Gasteiger charge is -2.31. The largest absolute Gasteiger partial charge is 0.378 e. The van der Waals surface area contributed by atoms with Crippen LogP contribution in [-0.4, -0.2) is 5.78 Å². The fourth-order valence-corrected chi connectivity index (χ4v) is 3.15. The van der Waals surface area contributed by atoms with Crippen molar-refractivity contribution >= 4 is 11.5 Å². The molecule has 0 spiro atoms. The van der Waals surface area contributed by atoms with Gasteiger partial charge in [-0.3, -0.25) is 4.79 Å². The summed E-state index contributed by atoms with van der Waals surface area (Å²) in [5.74, 6) is 0.486. The number of carbonyl (C=O) groups is 1. The minimum Gasteiger partial charge on any atom is -0.378 e. The summed E-state index contributed by atoms with van der Waals surface area (Å²) in [6.45, 7) is 0. The predicted octanol–water partition coefficient (Wildman–Crippen LogP) is 4.60. The molecular weight excluding hydrogens is 258 g/mol. The number of anilines is 1. The molecule has 3 rings (SSSR count). The highest BCUT2D eigenvalue weighted by Crippen LogP contribution is 2.34. The van der Waals surface area contributed by atoms with Gasteiger partial charge >= 0.3 is 0 Å². The first-order chi connectivity index (χ1) is 10.3. The number of para-hydroxylation sites is 1. The number of carbonyl (C=O) groups excluding carboxylic acids is 1. The van der Waals surface area contributed by atoms with Gasteiger partial charge in [0, 0.05) is 18.0 Å². The zero-order valence-electron chi connectivity index (χ0n) is 12.2. The first-order valence-corrected chi connectivity index (χ1v) is 7.74. The molecule has 0 bridgehead atoms. The minimum atomic E-state index is 0.0707. The van der Waals surface area contributed by atoms with Crippen molar-refractivity contribution in [3.63, 3.8) is 0 Å². The summed E-state index contributed by atoms with van der Waals surface area (Å²) in [7, 11) is 0. The van der Waals surface area contributed by atoms with Crippen LogP contribution in [0.5, 0.6) is 0 Å². The average Bonchev–Trinajstić information content (AvgIpc) is 2.55. The van der Waals surface area contributed by atoms with Crippen LogP contribution in [0.15, 0.2) is 60.7 Å². The summed E-state index contributed by atoms with van der Waals surface area (Å²) in [5, 5.41) is 3.57. The van der Waals surface area contributed by atoms with E-state index in [9.17, 15) is 4.79 Å². The maximum atomic E-state index is 12.4. The Morgan fingerprint density at radius 2 is 1.57 bits per heavy atom. The summed E-state index contributed by atoms with van der Waals surface area (Å²) in [5.41, 5.74) is 2.27. The number of Topliss-reactive ketones (excluding diaryl/α,β-unsaturated/α-hetero) is 1. The molecule has 0 amide bonds. The molecule has 1 N–H and O–H groups in total. The van der Waals surface area contributed by atoms with E-state index in [-0.39, 0.29) is 12.0 Å². The quantitative estimate of drug-likeness (QED) is 0.886. The summed E-state index contributed by atoms with van der Waals surface area (Å²) in [6, 6.07) is 20.6. The summed E-state index contributed by atoms with van der Waals surface area (Å²) in [4.78, 5) is 12.4. The monoisotopic (exact) mass is 279 g/mol. The second-order valence-corrected chi connectivity index (χ2v) is 5.72. The summed E-state index contributed by atoms with van der Waals surface area (Å²) >= 11 is 0. The predicted molar refractivity (Wildman–Crippen MR) is 86.2 cm³/mol. The Morgan fingerprint density at radius 1 is 0.905 bits per heavy atom. The molecule has 2 nitrogen and oxygen atoms in total. The number of hydrogen-bond donors (Lipinski definition) is 1. The molecule has 2 aromatic rings. The number of benzene rings is 2. The SMILES string of the molecule is O=C1CCCC[C@@H]1[C@@H](Nc1ccccc1)c1ccccc1. The lowest BCUT2D eigenvalue weighted by molar-refractivity contribution is -0.125. The topological polar surface area (TPSA) is 29.1 Å². The fourth-order valence-electron chi connectivity index (χ4n) is 3.15. The van der Waals surface area contributed by atoms with E-state index in [0.717, 1.165) is 31.4 Å². The first-order valence-electron chi connectivity index (χ1n) is 7.74. The van der Waals surface area contributed by atoms with Crippen LogP contribution in [0.25, 0.3) is 0 Å². The Kier molecular flexibility index (Phi) is 4.34. The standard InChI is InChI=1S/C19H21NO/c21-18-14-8-7-13-17(18)19(15-9-3-1-4-10-15)20-16-11-5-2-6-12-16/h1-6,9-12,17,19-20H,7-8,13-14H2/t17-,19-/m0/s1. The van der Waals surface area contributed by atoms with Crippen molar-refractivity contribution in [2.75, 3.05) is 5.32 Å². The third-order valence-electron chi connectivity index (χ3n) is 4.26. The van der Waals surface area contributed by atoms with Crippen molar-refractivity contribution < 1.29 is 4.79 Å². The highest BCUT2D eigenvalue weighted by Gasteiger charge is 2.31. The molecule has 0 unspecified atom stereocenters. The number of nitrogens with one attached hydrogen (secondary N) is 1. The van der Waals surface area contributed by atoms with Crippen LogP contribution in [0.4, 0.5) is 5.69 Å². The Bertz CT molecular complexity index is 579. The molecule has 0 radical (unpaired) electrons. The van der Waals surface area contributed by atoms with Crippen LogP contribution in [0.1, 0.15) is 37.3 Å². The van der Waals surface area contributed by atoms with E-state index in [1.807, 2.05) is 36.4 Å². The molecule has 1 saturated carbocycles. The van der Waals surface area contributed by atoms with Crippen LogP contribution in [-0.2, 0) is 4.79 Å². The molecule has 108 valence electrons. The number of ketones is 1. The maximum absolute atomic E-state index is 12.4.